The highest BCUT2D eigenvalue weighted by Gasteiger charge is 2.30. The third-order valence-electron chi connectivity index (χ3n) is 4.27. The minimum Gasteiger partial charge on any atom is -0.307 e. The van der Waals surface area contributed by atoms with Crippen LogP contribution in [0.5, 0.6) is 0 Å². The molecule has 1 unspecified atom stereocenters. The molecule has 114 valence electrons. The lowest BCUT2D eigenvalue weighted by Gasteiger charge is -2.31. The van der Waals surface area contributed by atoms with Gasteiger partial charge in [0.1, 0.15) is 11.6 Å². The molecular weight excluding hydrogens is 264 g/mol. The molecule has 1 aromatic heterocycles. The van der Waals surface area contributed by atoms with Crippen molar-refractivity contribution in [3.05, 3.63) is 17.1 Å². The van der Waals surface area contributed by atoms with Crippen molar-refractivity contribution >= 4 is 11.7 Å². The summed E-state index contributed by atoms with van der Waals surface area (Å²) in [4.78, 5) is 23.6. The van der Waals surface area contributed by atoms with Gasteiger partial charge in [-0.3, -0.25) is 9.69 Å². The molecule has 0 spiro atoms. The second-order valence-electron chi connectivity index (χ2n) is 6.52. The van der Waals surface area contributed by atoms with Gasteiger partial charge in [0.2, 0.25) is 5.91 Å². The lowest BCUT2D eigenvalue weighted by Crippen LogP contribution is -2.39. The fraction of sp³-hybridized carbons (Fsp3) is 0.688. The molecule has 0 aliphatic carbocycles. The van der Waals surface area contributed by atoms with Crippen molar-refractivity contribution < 1.29 is 4.79 Å². The second kappa shape index (κ2) is 5.72. The van der Waals surface area contributed by atoms with Crippen molar-refractivity contribution in [2.45, 2.75) is 52.5 Å². The number of nitrogens with one attached hydrogen (secondary N) is 1. The van der Waals surface area contributed by atoms with Crippen LogP contribution in [0, 0.1) is 12.8 Å². The first kappa shape index (κ1) is 14.4. The van der Waals surface area contributed by atoms with E-state index >= 15 is 0 Å². The molecule has 5 nitrogen and oxygen atoms in total. The van der Waals surface area contributed by atoms with Crippen molar-refractivity contribution in [2.75, 3.05) is 18.0 Å². The zero-order valence-electron chi connectivity index (χ0n) is 13.1. The van der Waals surface area contributed by atoms with Gasteiger partial charge >= 0.3 is 0 Å². The second-order valence-corrected chi connectivity index (χ2v) is 6.52. The number of aromatic nitrogens is 2. The Kier molecular flexibility index (Phi) is 3.93. The fourth-order valence-corrected chi connectivity index (χ4v) is 3.22. The smallest absolute Gasteiger partial charge is 0.228 e. The number of hydrogen-bond donors (Lipinski definition) is 1. The maximum Gasteiger partial charge on any atom is 0.228 e. The van der Waals surface area contributed by atoms with Crippen LogP contribution in [-0.2, 0) is 11.2 Å². The number of amides is 1. The summed E-state index contributed by atoms with van der Waals surface area (Å²) < 4.78 is 0. The van der Waals surface area contributed by atoms with Gasteiger partial charge in [-0.2, -0.15) is 0 Å². The van der Waals surface area contributed by atoms with Gasteiger partial charge < -0.3 is 5.32 Å². The van der Waals surface area contributed by atoms with Gasteiger partial charge in [-0.15, -0.1) is 0 Å². The van der Waals surface area contributed by atoms with Gasteiger partial charge in [0.25, 0.3) is 0 Å². The third kappa shape index (κ3) is 2.79. The number of rotatable bonds is 3. The van der Waals surface area contributed by atoms with Crippen molar-refractivity contribution in [3.8, 4) is 0 Å². The van der Waals surface area contributed by atoms with E-state index < -0.39 is 0 Å². The first-order valence-corrected chi connectivity index (χ1v) is 7.97. The van der Waals surface area contributed by atoms with Crippen LogP contribution in [0.1, 0.15) is 56.2 Å². The van der Waals surface area contributed by atoms with E-state index in [0.29, 0.717) is 12.3 Å². The summed E-state index contributed by atoms with van der Waals surface area (Å²) in [6, 6.07) is 0.243. The van der Waals surface area contributed by atoms with Crippen LogP contribution >= 0.6 is 0 Å². The van der Waals surface area contributed by atoms with Crippen LogP contribution in [0.15, 0.2) is 0 Å². The zero-order valence-corrected chi connectivity index (χ0v) is 13.1. The number of fused-ring (bicyclic) bond motifs is 1. The molecule has 5 heteroatoms. The largest absolute Gasteiger partial charge is 0.307 e. The van der Waals surface area contributed by atoms with Crippen LogP contribution in [-0.4, -0.2) is 29.0 Å². The third-order valence-corrected chi connectivity index (χ3v) is 4.27. The molecule has 0 saturated carbocycles. The molecule has 0 radical (unpaired) electrons. The van der Waals surface area contributed by atoms with E-state index in [-0.39, 0.29) is 11.9 Å². The summed E-state index contributed by atoms with van der Waals surface area (Å²) in [6.45, 7) is 8.07. The SMILES string of the molecule is Cc1nc(C2CCCN2)nc2c1CCC(=O)N2CC(C)C. The number of nitrogens with zero attached hydrogens (tertiary/aromatic N) is 3. The quantitative estimate of drug-likeness (QED) is 0.926. The zero-order chi connectivity index (χ0) is 15.0. The molecule has 2 aliphatic rings. The van der Waals surface area contributed by atoms with Crippen LogP contribution in [0.25, 0.3) is 0 Å². The van der Waals surface area contributed by atoms with Gasteiger partial charge in [0, 0.05) is 24.2 Å². The Labute approximate surface area is 126 Å². The van der Waals surface area contributed by atoms with E-state index in [4.69, 9.17) is 9.97 Å². The Morgan fingerprint density at radius 1 is 1.33 bits per heavy atom. The van der Waals surface area contributed by atoms with Gasteiger partial charge in [0.05, 0.1) is 6.04 Å². The summed E-state index contributed by atoms with van der Waals surface area (Å²) in [5, 5.41) is 3.45. The van der Waals surface area contributed by atoms with Gasteiger partial charge in [-0.05, 0) is 38.6 Å². The Balaban J connectivity index is 2.01. The van der Waals surface area contributed by atoms with Crippen LogP contribution in [0.3, 0.4) is 0 Å². The number of carbonyl (C=O) groups is 1. The topological polar surface area (TPSA) is 58.1 Å². The molecular formula is C16H24N4O. The van der Waals surface area contributed by atoms with E-state index in [2.05, 4.69) is 19.2 Å². The Hall–Kier alpha value is -1.49. The molecule has 1 atom stereocenters. The molecule has 1 saturated heterocycles. The molecule has 0 bridgehead atoms. The number of hydrogen-bond acceptors (Lipinski definition) is 4. The average molecular weight is 288 g/mol. The molecule has 21 heavy (non-hydrogen) atoms. The molecule has 0 aromatic carbocycles. The molecule has 1 N–H and O–H groups in total. The van der Waals surface area contributed by atoms with E-state index in [1.54, 1.807) is 0 Å². The Morgan fingerprint density at radius 3 is 2.81 bits per heavy atom. The van der Waals surface area contributed by atoms with Gasteiger partial charge in [-0.1, -0.05) is 13.8 Å². The Morgan fingerprint density at radius 2 is 2.14 bits per heavy atom. The molecule has 3 heterocycles. The summed E-state index contributed by atoms with van der Waals surface area (Å²) in [7, 11) is 0. The summed E-state index contributed by atoms with van der Waals surface area (Å²) in [5.74, 6) is 2.34. The highest BCUT2D eigenvalue weighted by atomic mass is 16.2. The maximum absolute atomic E-state index is 12.3. The van der Waals surface area contributed by atoms with Crippen LogP contribution in [0.4, 0.5) is 5.82 Å². The van der Waals surface area contributed by atoms with Crippen molar-refractivity contribution in [2.24, 2.45) is 5.92 Å². The highest BCUT2D eigenvalue weighted by molar-refractivity contribution is 5.95. The molecule has 2 aliphatic heterocycles. The summed E-state index contributed by atoms with van der Waals surface area (Å²) >= 11 is 0. The number of aryl methyl sites for hydroxylation is 1. The lowest BCUT2D eigenvalue weighted by atomic mass is 10.0. The first-order chi connectivity index (χ1) is 10.1. The minimum absolute atomic E-state index is 0.194. The van der Waals surface area contributed by atoms with Gasteiger partial charge in [0.15, 0.2) is 0 Å². The number of anilines is 1. The summed E-state index contributed by atoms with van der Waals surface area (Å²) in [5.41, 5.74) is 2.18. The fourth-order valence-electron chi connectivity index (χ4n) is 3.22. The van der Waals surface area contributed by atoms with Crippen molar-refractivity contribution in [3.63, 3.8) is 0 Å². The molecule has 3 rings (SSSR count). The number of carbonyl (C=O) groups excluding carboxylic acids is 1. The summed E-state index contributed by atoms with van der Waals surface area (Å²) in [6.07, 6.45) is 3.59. The Bertz CT molecular complexity index is 549. The van der Waals surface area contributed by atoms with Crippen LogP contribution < -0.4 is 10.2 Å². The maximum atomic E-state index is 12.3. The van der Waals surface area contributed by atoms with Crippen molar-refractivity contribution in [1.82, 2.24) is 15.3 Å². The van der Waals surface area contributed by atoms with Crippen LogP contribution in [0.2, 0.25) is 0 Å². The van der Waals surface area contributed by atoms with E-state index in [0.717, 1.165) is 48.8 Å². The van der Waals surface area contributed by atoms with E-state index in [9.17, 15) is 4.79 Å². The average Bonchev–Trinajstić information content (AvgIpc) is 2.95. The molecule has 1 amide bonds. The van der Waals surface area contributed by atoms with E-state index in [1.807, 2.05) is 11.8 Å². The normalized spacial score (nSPS) is 22.0. The van der Waals surface area contributed by atoms with Crippen molar-refractivity contribution in [1.29, 1.82) is 0 Å². The standard InChI is InChI=1S/C16H24N4O/c1-10(2)9-20-14(21)7-6-12-11(3)18-15(19-16(12)20)13-5-4-8-17-13/h10,13,17H,4-9H2,1-3H3. The molecule has 1 aromatic rings. The monoisotopic (exact) mass is 288 g/mol. The lowest BCUT2D eigenvalue weighted by molar-refractivity contribution is -0.119. The predicted octanol–water partition coefficient (Wildman–Crippen LogP) is 2.14. The van der Waals surface area contributed by atoms with Gasteiger partial charge in [-0.25, -0.2) is 9.97 Å². The minimum atomic E-state index is 0.194. The highest BCUT2D eigenvalue weighted by Crippen LogP contribution is 2.31. The molecule has 1 fully saturated rings. The first-order valence-electron chi connectivity index (χ1n) is 7.97. The van der Waals surface area contributed by atoms with E-state index in [1.165, 1.54) is 6.42 Å². The predicted molar refractivity (Wildman–Crippen MR) is 82.3 cm³/mol.